The molecule has 31 heavy (non-hydrogen) atoms. The zero-order valence-electron chi connectivity index (χ0n) is 17.1. The fraction of sp³-hybridized carbons (Fsp3) is 0.333. The molecule has 0 radical (unpaired) electrons. The molecule has 0 unspecified atom stereocenters. The van der Waals surface area contributed by atoms with Gasteiger partial charge in [-0.15, -0.1) is 0 Å². The van der Waals surface area contributed by atoms with Gasteiger partial charge in [0.2, 0.25) is 15.9 Å². The van der Waals surface area contributed by atoms with Crippen LogP contribution < -0.4 is 0 Å². The van der Waals surface area contributed by atoms with E-state index in [0.717, 1.165) is 21.8 Å². The molecule has 0 aliphatic carbocycles. The average Bonchev–Trinajstić information content (AvgIpc) is 3.08. The van der Waals surface area contributed by atoms with Gasteiger partial charge in [0.25, 0.3) is 0 Å². The van der Waals surface area contributed by atoms with Gasteiger partial charge in [0.15, 0.2) is 5.16 Å². The fourth-order valence-corrected chi connectivity index (χ4v) is 5.51. The number of halogens is 1. The first-order chi connectivity index (χ1) is 14.8. The second kappa shape index (κ2) is 9.20. The lowest BCUT2D eigenvalue weighted by molar-refractivity contribution is -0.129. The van der Waals surface area contributed by atoms with Gasteiger partial charge in [-0.05, 0) is 23.8 Å². The van der Waals surface area contributed by atoms with Gasteiger partial charge in [-0.1, -0.05) is 53.7 Å². The molecule has 7 nitrogen and oxygen atoms in total. The van der Waals surface area contributed by atoms with E-state index in [0.29, 0.717) is 37.7 Å². The minimum atomic E-state index is -3.22. The molecule has 1 saturated heterocycles. The fourth-order valence-electron chi connectivity index (χ4n) is 3.60. The molecule has 1 aliphatic rings. The first-order valence-electron chi connectivity index (χ1n) is 9.87. The standard InChI is InChI=1S/C21H23ClN4O3S2/c1-31(28,29)25-11-9-24(10-12-25)20(27)15-30-21-23-18-13-17(22)7-8-19(18)26(21)14-16-5-3-2-4-6-16/h2-8,13H,9-12,14-15H2,1H3. The van der Waals surface area contributed by atoms with Crippen molar-refractivity contribution in [3.8, 4) is 0 Å². The van der Waals surface area contributed by atoms with Crippen molar-refractivity contribution in [1.29, 1.82) is 0 Å². The lowest BCUT2D eigenvalue weighted by Gasteiger charge is -2.33. The highest BCUT2D eigenvalue weighted by Crippen LogP contribution is 2.27. The van der Waals surface area contributed by atoms with Gasteiger partial charge >= 0.3 is 0 Å². The highest BCUT2D eigenvalue weighted by atomic mass is 35.5. The number of carbonyl (C=O) groups is 1. The van der Waals surface area contributed by atoms with Gasteiger partial charge in [-0.25, -0.2) is 13.4 Å². The Hall–Kier alpha value is -2.07. The molecule has 1 aromatic heterocycles. The van der Waals surface area contributed by atoms with Crippen molar-refractivity contribution in [1.82, 2.24) is 18.8 Å². The van der Waals surface area contributed by atoms with Gasteiger partial charge in [0, 0.05) is 31.2 Å². The summed E-state index contributed by atoms with van der Waals surface area (Å²) in [7, 11) is -3.22. The number of nitrogens with zero attached hydrogens (tertiary/aromatic N) is 4. The number of imidazole rings is 1. The summed E-state index contributed by atoms with van der Waals surface area (Å²) < 4.78 is 26.8. The molecular weight excluding hydrogens is 456 g/mol. The van der Waals surface area contributed by atoms with Gasteiger partial charge in [-0.3, -0.25) is 4.79 Å². The number of thioether (sulfide) groups is 1. The molecule has 2 aromatic carbocycles. The van der Waals surface area contributed by atoms with Gasteiger partial charge in [-0.2, -0.15) is 4.31 Å². The molecule has 0 spiro atoms. The number of sulfonamides is 1. The van der Waals surface area contributed by atoms with Gasteiger partial charge in [0.1, 0.15) is 0 Å². The smallest absolute Gasteiger partial charge is 0.233 e. The predicted octanol–water partition coefficient (Wildman–Crippen LogP) is 2.93. The summed E-state index contributed by atoms with van der Waals surface area (Å²) >= 11 is 7.54. The lowest BCUT2D eigenvalue weighted by Crippen LogP contribution is -2.50. The van der Waals surface area contributed by atoms with Crippen molar-refractivity contribution >= 4 is 50.3 Å². The number of aromatic nitrogens is 2. The minimum Gasteiger partial charge on any atom is -0.339 e. The third kappa shape index (κ3) is 5.23. The van der Waals surface area contributed by atoms with E-state index in [9.17, 15) is 13.2 Å². The number of hydrogen-bond acceptors (Lipinski definition) is 5. The second-order valence-electron chi connectivity index (χ2n) is 7.43. The van der Waals surface area contributed by atoms with Crippen molar-refractivity contribution in [2.75, 3.05) is 38.2 Å². The molecule has 164 valence electrons. The van der Waals surface area contributed by atoms with Gasteiger partial charge in [0.05, 0.1) is 29.6 Å². The Morgan fingerprint density at radius 1 is 1.10 bits per heavy atom. The molecule has 4 rings (SSSR count). The van der Waals surface area contributed by atoms with Crippen LogP contribution in [0.5, 0.6) is 0 Å². The molecular formula is C21H23ClN4O3S2. The van der Waals surface area contributed by atoms with Gasteiger partial charge < -0.3 is 9.47 Å². The number of fused-ring (bicyclic) bond motifs is 1. The number of rotatable bonds is 6. The Labute approximate surface area is 191 Å². The van der Waals surface area contributed by atoms with Crippen LogP contribution in [0.2, 0.25) is 5.02 Å². The zero-order valence-corrected chi connectivity index (χ0v) is 19.5. The Morgan fingerprint density at radius 2 is 1.81 bits per heavy atom. The van der Waals surface area contributed by atoms with E-state index in [1.165, 1.54) is 22.3 Å². The van der Waals surface area contributed by atoms with Crippen LogP contribution in [-0.4, -0.2) is 71.3 Å². The summed E-state index contributed by atoms with van der Waals surface area (Å²) in [5.41, 5.74) is 2.90. The van der Waals surface area contributed by atoms with E-state index < -0.39 is 10.0 Å². The molecule has 0 N–H and O–H groups in total. The van der Waals surface area contributed by atoms with Crippen LogP contribution in [0, 0.1) is 0 Å². The predicted molar refractivity (Wildman–Crippen MR) is 124 cm³/mol. The van der Waals surface area contributed by atoms with Crippen LogP contribution in [0.1, 0.15) is 5.56 Å². The van der Waals surface area contributed by atoms with Crippen LogP contribution >= 0.6 is 23.4 Å². The number of carbonyl (C=O) groups excluding carboxylic acids is 1. The average molecular weight is 479 g/mol. The second-order valence-corrected chi connectivity index (χ2v) is 10.8. The highest BCUT2D eigenvalue weighted by Gasteiger charge is 2.26. The van der Waals surface area contributed by atoms with E-state index >= 15 is 0 Å². The van der Waals surface area contributed by atoms with Crippen molar-refractivity contribution in [2.45, 2.75) is 11.7 Å². The largest absolute Gasteiger partial charge is 0.339 e. The summed E-state index contributed by atoms with van der Waals surface area (Å²) in [6.45, 7) is 2.12. The van der Waals surface area contributed by atoms with E-state index in [1.807, 2.05) is 36.4 Å². The number of piperazine rings is 1. The maximum Gasteiger partial charge on any atom is 0.233 e. The van der Waals surface area contributed by atoms with Crippen molar-refractivity contribution in [2.24, 2.45) is 0 Å². The Balaban J connectivity index is 1.49. The van der Waals surface area contributed by atoms with Crippen LogP contribution in [0.3, 0.4) is 0 Å². The molecule has 3 aromatic rings. The van der Waals surface area contributed by atoms with Crippen molar-refractivity contribution < 1.29 is 13.2 Å². The zero-order chi connectivity index (χ0) is 22.0. The summed E-state index contributed by atoms with van der Waals surface area (Å²) in [5, 5.41) is 1.37. The van der Waals surface area contributed by atoms with E-state index in [1.54, 1.807) is 4.90 Å². The number of benzene rings is 2. The maximum absolute atomic E-state index is 12.7. The summed E-state index contributed by atoms with van der Waals surface area (Å²) in [4.78, 5) is 19.2. The molecule has 0 bridgehead atoms. The van der Waals surface area contributed by atoms with Crippen LogP contribution in [0.4, 0.5) is 0 Å². The van der Waals surface area contributed by atoms with Crippen LogP contribution in [-0.2, 0) is 21.4 Å². The summed E-state index contributed by atoms with van der Waals surface area (Å²) in [6.07, 6.45) is 1.20. The molecule has 10 heteroatoms. The molecule has 1 amide bonds. The Bertz CT molecular complexity index is 1190. The van der Waals surface area contributed by atoms with E-state index in [2.05, 4.69) is 16.7 Å². The summed E-state index contributed by atoms with van der Waals surface area (Å²) in [5.74, 6) is 0.222. The summed E-state index contributed by atoms with van der Waals surface area (Å²) in [6, 6.07) is 15.7. The lowest BCUT2D eigenvalue weighted by atomic mass is 10.2. The molecule has 0 atom stereocenters. The monoisotopic (exact) mass is 478 g/mol. The SMILES string of the molecule is CS(=O)(=O)N1CCN(C(=O)CSc2nc3cc(Cl)ccc3n2Cc2ccccc2)CC1. The normalized spacial score (nSPS) is 15.5. The van der Waals surface area contributed by atoms with Crippen LogP contribution in [0.25, 0.3) is 11.0 Å². The molecule has 1 aliphatic heterocycles. The molecule has 0 saturated carbocycles. The topological polar surface area (TPSA) is 75.5 Å². The molecule has 2 heterocycles. The number of amides is 1. The quantitative estimate of drug-likeness (QED) is 0.509. The minimum absolute atomic E-state index is 0.0190. The highest BCUT2D eigenvalue weighted by molar-refractivity contribution is 7.99. The Kier molecular flexibility index (Phi) is 6.57. The van der Waals surface area contributed by atoms with E-state index in [-0.39, 0.29) is 11.7 Å². The van der Waals surface area contributed by atoms with Crippen molar-refractivity contribution in [3.05, 3.63) is 59.1 Å². The molecule has 1 fully saturated rings. The third-order valence-electron chi connectivity index (χ3n) is 5.24. The maximum atomic E-state index is 12.7. The first-order valence-corrected chi connectivity index (χ1v) is 13.1. The number of hydrogen-bond donors (Lipinski definition) is 0. The van der Waals surface area contributed by atoms with E-state index in [4.69, 9.17) is 16.6 Å². The van der Waals surface area contributed by atoms with Crippen LogP contribution in [0.15, 0.2) is 53.7 Å². The third-order valence-corrected chi connectivity index (χ3v) is 7.74. The van der Waals surface area contributed by atoms with Crippen molar-refractivity contribution in [3.63, 3.8) is 0 Å². The Morgan fingerprint density at radius 3 is 2.48 bits per heavy atom. The first kappa shape index (κ1) is 22.1.